The summed E-state index contributed by atoms with van der Waals surface area (Å²) in [7, 11) is 0. The predicted octanol–water partition coefficient (Wildman–Crippen LogP) is 5.04. The van der Waals surface area contributed by atoms with E-state index in [1.54, 1.807) is 0 Å². The summed E-state index contributed by atoms with van der Waals surface area (Å²) in [4.78, 5) is 15.7. The minimum atomic E-state index is -2.40. The van der Waals surface area contributed by atoms with E-state index in [1.165, 1.54) is 5.38 Å². The van der Waals surface area contributed by atoms with E-state index >= 15 is 0 Å². The van der Waals surface area contributed by atoms with Crippen LogP contribution in [0.3, 0.4) is 0 Å². The van der Waals surface area contributed by atoms with Crippen molar-refractivity contribution in [2.75, 3.05) is 5.32 Å². The van der Waals surface area contributed by atoms with Gasteiger partial charge in [0, 0.05) is 17.0 Å². The molecule has 0 spiro atoms. The van der Waals surface area contributed by atoms with Crippen LogP contribution < -0.4 is 5.32 Å². The predicted molar refractivity (Wildman–Crippen MR) is 81.7 cm³/mol. The SMILES string of the molecule is O=C(Nc1nc(-c2ccc(F)cc2F)cs1)c1c(F)c(F)c(F)c(F)c1F. The fraction of sp³-hybridized carbons (Fsp3) is 0. The number of nitrogens with one attached hydrogen (secondary N) is 1. The van der Waals surface area contributed by atoms with Crippen molar-refractivity contribution in [1.82, 2.24) is 4.98 Å². The van der Waals surface area contributed by atoms with E-state index in [1.807, 2.05) is 5.32 Å². The largest absolute Gasteiger partial charge is 0.298 e. The van der Waals surface area contributed by atoms with E-state index in [9.17, 15) is 35.5 Å². The van der Waals surface area contributed by atoms with E-state index in [2.05, 4.69) is 4.98 Å². The third-order valence-electron chi connectivity index (χ3n) is 3.37. The molecule has 0 atom stereocenters. The van der Waals surface area contributed by atoms with Gasteiger partial charge in [-0.2, -0.15) is 0 Å². The molecule has 1 N–H and O–H groups in total. The van der Waals surface area contributed by atoms with E-state index in [-0.39, 0.29) is 16.4 Å². The third-order valence-corrected chi connectivity index (χ3v) is 4.13. The molecule has 3 rings (SSSR count). The molecule has 0 saturated carbocycles. The van der Waals surface area contributed by atoms with Gasteiger partial charge in [-0.3, -0.25) is 10.1 Å². The second kappa shape index (κ2) is 6.99. The highest BCUT2D eigenvalue weighted by atomic mass is 32.1. The standard InChI is InChI=1S/C16H5F7N2OS/c17-5-1-2-6(7(18)3-5)8-4-27-16(24-8)25-15(26)9-10(19)12(21)14(23)13(22)11(9)20/h1-4H,(H,24,25,26). The number of benzene rings is 2. The van der Waals surface area contributed by atoms with Crippen LogP contribution in [0.25, 0.3) is 11.3 Å². The van der Waals surface area contributed by atoms with Gasteiger partial charge in [-0.15, -0.1) is 11.3 Å². The molecule has 0 fully saturated rings. The molecular formula is C16H5F7N2OS. The number of thiazole rings is 1. The average molecular weight is 406 g/mol. The van der Waals surface area contributed by atoms with Gasteiger partial charge in [-0.1, -0.05) is 0 Å². The highest BCUT2D eigenvalue weighted by molar-refractivity contribution is 7.14. The molecule has 0 radical (unpaired) electrons. The fourth-order valence-corrected chi connectivity index (χ4v) is 2.82. The normalized spacial score (nSPS) is 10.9. The smallest absolute Gasteiger partial charge is 0.263 e. The van der Waals surface area contributed by atoms with Crippen molar-refractivity contribution in [1.29, 1.82) is 0 Å². The summed E-state index contributed by atoms with van der Waals surface area (Å²) >= 11 is 0.694. The first-order valence-electron chi connectivity index (χ1n) is 6.94. The molecule has 0 aliphatic heterocycles. The summed E-state index contributed by atoms with van der Waals surface area (Å²) in [6.07, 6.45) is 0. The molecule has 0 unspecified atom stereocenters. The van der Waals surface area contributed by atoms with Crippen molar-refractivity contribution in [2.45, 2.75) is 0 Å². The van der Waals surface area contributed by atoms with Crippen LogP contribution in [0, 0.1) is 40.7 Å². The Balaban J connectivity index is 1.92. The summed E-state index contributed by atoms with van der Waals surface area (Å²) in [5.41, 5.74) is -1.84. The molecule has 3 nitrogen and oxygen atoms in total. The second-order valence-electron chi connectivity index (χ2n) is 5.06. The Bertz CT molecular complexity index is 1040. The Hall–Kier alpha value is -2.95. The van der Waals surface area contributed by atoms with Crippen molar-refractivity contribution >= 4 is 22.4 Å². The first kappa shape index (κ1) is 18.8. The van der Waals surface area contributed by atoms with E-state index in [0.717, 1.165) is 12.1 Å². The molecule has 1 amide bonds. The lowest BCUT2D eigenvalue weighted by atomic mass is 10.1. The van der Waals surface area contributed by atoms with Crippen molar-refractivity contribution in [3.05, 3.63) is 69.9 Å². The summed E-state index contributed by atoms with van der Waals surface area (Å²) in [5.74, 6) is -15.0. The zero-order chi connectivity index (χ0) is 19.9. The van der Waals surface area contributed by atoms with Gasteiger partial charge in [-0.25, -0.2) is 35.7 Å². The maximum Gasteiger partial charge on any atom is 0.263 e. The topological polar surface area (TPSA) is 42.0 Å². The van der Waals surface area contributed by atoms with E-state index in [4.69, 9.17) is 0 Å². The van der Waals surface area contributed by atoms with E-state index < -0.39 is 52.2 Å². The lowest BCUT2D eigenvalue weighted by molar-refractivity contribution is 0.101. The number of anilines is 1. The molecule has 1 heterocycles. The maximum atomic E-state index is 13.7. The van der Waals surface area contributed by atoms with Gasteiger partial charge < -0.3 is 0 Å². The summed E-state index contributed by atoms with van der Waals surface area (Å²) in [5, 5.41) is 2.81. The minimum absolute atomic E-state index is 0.0368. The number of rotatable bonds is 3. The molecule has 0 saturated heterocycles. The quantitative estimate of drug-likeness (QED) is 0.376. The Labute approximate surface area is 150 Å². The number of amides is 1. The Morgan fingerprint density at radius 3 is 2.07 bits per heavy atom. The molecule has 0 aliphatic carbocycles. The molecule has 0 bridgehead atoms. The minimum Gasteiger partial charge on any atom is -0.298 e. The van der Waals surface area contributed by atoms with Gasteiger partial charge >= 0.3 is 0 Å². The van der Waals surface area contributed by atoms with Gasteiger partial charge in [0.1, 0.15) is 17.2 Å². The van der Waals surface area contributed by atoms with Crippen LogP contribution in [-0.2, 0) is 0 Å². The molecule has 11 heteroatoms. The van der Waals surface area contributed by atoms with Gasteiger partial charge in [0.2, 0.25) is 5.82 Å². The van der Waals surface area contributed by atoms with Crippen LogP contribution in [-0.4, -0.2) is 10.9 Å². The average Bonchev–Trinajstić information content (AvgIpc) is 3.06. The first-order chi connectivity index (χ1) is 12.7. The molecule has 140 valence electrons. The first-order valence-corrected chi connectivity index (χ1v) is 7.82. The van der Waals surface area contributed by atoms with Gasteiger partial charge in [0.25, 0.3) is 5.91 Å². The van der Waals surface area contributed by atoms with Crippen LogP contribution in [0.1, 0.15) is 10.4 Å². The fourth-order valence-electron chi connectivity index (χ4n) is 2.12. The second-order valence-corrected chi connectivity index (χ2v) is 5.92. The Kier molecular flexibility index (Phi) is 4.87. The van der Waals surface area contributed by atoms with Crippen LogP contribution >= 0.6 is 11.3 Å². The number of aromatic nitrogens is 1. The van der Waals surface area contributed by atoms with Crippen LogP contribution in [0.4, 0.5) is 35.9 Å². The number of halogens is 7. The van der Waals surface area contributed by atoms with Gasteiger partial charge in [0.15, 0.2) is 28.4 Å². The molecule has 0 aliphatic rings. The van der Waals surface area contributed by atoms with Gasteiger partial charge in [-0.05, 0) is 12.1 Å². The van der Waals surface area contributed by atoms with Crippen molar-refractivity contribution < 1.29 is 35.5 Å². The summed E-state index contributed by atoms with van der Waals surface area (Å²) in [6.45, 7) is 0. The van der Waals surface area contributed by atoms with Gasteiger partial charge in [0.05, 0.1) is 5.69 Å². The monoisotopic (exact) mass is 406 g/mol. The maximum absolute atomic E-state index is 13.7. The lowest BCUT2D eigenvalue weighted by Crippen LogP contribution is -2.19. The number of hydrogen-bond donors (Lipinski definition) is 1. The molecular weight excluding hydrogens is 401 g/mol. The van der Waals surface area contributed by atoms with Crippen LogP contribution in [0.2, 0.25) is 0 Å². The summed E-state index contributed by atoms with van der Waals surface area (Å²) < 4.78 is 93.3. The molecule has 2 aromatic carbocycles. The molecule has 27 heavy (non-hydrogen) atoms. The highest BCUT2D eigenvalue weighted by Crippen LogP contribution is 2.29. The number of carbonyl (C=O) groups is 1. The van der Waals surface area contributed by atoms with Crippen molar-refractivity contribution in [3.63, 3.8) is 0 Å². The number of nitrogens with zero attached hydrogens (tertiary/aromatic N) is 1. The zero-order valence-electron chi connectivity index (χ0n) is 12.7. The van der Waals surface area contributed by atoms with Crippen LogP contribution in [0.5, 0.6) is 0 Å². The Morgan fingerprint density at radius 2 is 1.48 bits per heavy atom. The van der Waals surface area contributed by atoms with Crippen molar-refractivity contribution in [3.8, 4) is 11.3 Å². The molecule has 1 aromatic heterocycles. The molecule has 3 aromatic rings. The van der Waals surface area contributed by atoms with Crippen LogP contribution in [0.15, 0.2) is 23.6 Å². The zero-order valence-corrected chi connectivity index (χ0v) is 13.5. The third kappa shape index (κ3) is 3.37. The lowest BCUT2D eigenvalue weighted by Gasteiger charge is -2.07. The number of carbonyl (C=O) groups excluding carboxylic acids is 1. The van der Waals surface area contributed by atoms with Crippen molar-refractivity contribution in [2.24, 2.45) is 0 Å². The highest BCUT2D eigenvalue weighted by Gasteiger charge is 2.30. The summed E-state index contributed by atoms with van der Waals surface area (Å²) in [6, 6.07) is 2.64. The Morgan fingerprint density at radius 1 is 0.889 bits per heavy atom. The van der Waals surface area contributed by atoms with E-state index in [0.29, 0.717) is 17.4 Å². The number of hydrogen-bond acceptors (Lipinski definition) is 3.